The number of aryl methyl sites for hydroxylation is 1. The largest absolute Gasteiger partial charge is 0.292 e. The summed E-state index contributed by atoms with van der Waals surface area (Å²) in [6.07, 6.45) is 17.9. The Balaban J connectivity index is 1.60. The zero-order valence-electron chi connectivity index (χ0n) is 14.6. The molecule has 0 radical (unpaired) electrons. The molecular weight excluding hydrogens is 298 g/mol. The molecule has 2 fully saturated rings. The number of likely N-dealkylation sites (tertiary alicyclic amines) is 1. The van der Waals surface area contributed by atoms with E-state index in [0.717, 1.165) is 29.8 Å². The molecule has 3 heterocycles. The number of imidazole rings is 1. The second kappa shape index (κ2) is 7.01. The fourth-order valence-electron chi connectivity index (χ4n) is 4.41. The molecular formula is C19H27N5. The third-order valence-corrected chi connectivity index (χ3v) is 5.60. The second-order valence-electron chi connectivity index (χ2n) is 7.06. The standard InChI is InChI=1S/C19H27N5/c1-2-18-21-10-12-24(18)19-14-20-13-16(22-19)17-9-6-11-23(17)15-7-4-3-5-8-15/h10,12-15,17H,2-9,11H2,1H3/t17-/m1/s1. The SMILES string of the molecule is CCc1nccn1-c1cncc([C@H]2CCCN2C2CCCCC2)n1. The van der Waals surface area contributed by atoms with E-state index in [2.05, 4.69) is 26.4 Å². The van der Waals surface area contributed by atoms with E-state index >= 15 is 0 Å². The molecule has 0 bridgehead atoms. The van der Waals surface area contributed by atoms with Crippen molar-refractivity contribution in [2.75, 3.05) is 6.54 Å². The first-order valence-corrected chi connectivity index (χ1v) is 9.47. The van der Waals surface area contributed by atoms with Crippen LogP contribution in [0.4, 0.5) is 0 Å². The summed E-state index contributed by atoms with van der Waals surface area (Å²) in [4.78, 5) is 16.6. The minimum absolute atomic E-state index is 0.439. The summed E-state index contributed by atoms with van der Waals surface area (Å²) in [6, 6.07) is 1.19. The third kappa shape index (κ3) is 2.97. The van der Waals surface area contributed by atoms with E-state index in [1.807, 2.05) is 24.8 Å². The molecule has 1 aliphatic carbocycles. The molecule has 2 aromatic rings. The molecule has 0 aromatic carbocycles. The monoisotopic (exact) mass is 325 g/mol. The summed E-state index contributed by atoms with van der Waals surface area (Å²) in [7, 11) is 0. The molecule has 24 heavy (non-hydrogen) atoms. The Labute approximate surface area is 144 Å². The maximum absolute atomic E-state index is 4.97. The molecule has 0 N–H and O–H groups in total. The van der Waals surface area contributed by atoms with E-state index in [1.54, 1.807) is 0 Å². The van der Waals surface area contributed by atoms with Gasteiger partial charge in [-0.2, -0.15) is 0 Å². The molecule has 0 amide bonds. The Bertz CT molecular complexity index is 674. The lowest BCUT2D eigenvalue weighted by Crippen LogP contribution is -2.36. The minimum atomic E-state index is 0.439. The molecule has 1 atom stereocenters. The molecule has 0 spiro atoms. The van der Waals surface area contributed by atoms with Crippen LogP contribution >= 0.6 is 0 Å². The van der Waals surface area contributed by atoms with Gasteiger partial charge in [0.2, 0.25) is 0 Å². The summed E-state index contributed by atoms with van der Waals surface area (Å²) in [6.45, 7) is 3.34. The first kappa shape index (κ1) is 15.8. The molecule has 1 saturated heterocycles. The lowest BCUT2D eigenvalue weighted by molar-refractivity contribution is 0.140. The zero-order chi connectivity index (χ0) is 16.4. The summed E-state index contributed by atoms with van der Waals surface area (Å²) >= 11 is 0. The highest BCUT2D eigenvalue weighted by molar-refractivity contribution is 5.24. The van der Waals surface area contributed by atoms with Gasteiger partial charge in [0.25, 0.3) is 0 Å². The topological polar surface area (TPSA) is 46.8 Å². The summed E-state index contributed by atoms with van der Waals surface area (Å²) in [5.41, 5.74) is 1.13. The number of rotatable bonds is 4. The fraction of sp³-hybridized carbons (Fsp3) is 0.632. The zero-order valence-corrected chi connectivity index (χ0v) is 14.6. The van der Waals surface area contributed by atoms with Crippen molar-refractivity contribution < 1.29 is 0 Å². The highest BCUT2D eigenvalue weighted by atomic mass is 15.2. The molecule has 4 rings (SSSR count). The average molecular weight is 325 g/mol. The Kier molecular flexibility index (Phi) is 4.60. The predicted octanol–water partition coefficient (Wildman–Crippen LogP) is 3.69. The number of hydrogen-bond donors (Lipinski definition) is 0. The van der Waals surface area contributed by atoms with Gasteiger partial charge in [0, 0.05) is 24.9 Å². The number of aromatic nitrogens is 4. The predicted molar refractivity (Wildman–Crippen MR) is 94.1 cm³/mol. The summed E-state index contributed by atoms with van der Waals surface area (Å²) in [5, 5.41) is 0. The van der Waals surface area contributed by atoms with Crippen molar-refractivity contribution in [1.29, 1.82) is 0 Å². The van der Waals surface area contributed by atoms with Crippen LogP contribution in [0.2, 0.25) is 0 Å². The quantitative estimate of drug-likeness (QED) is 0.860. The number of hydrogen-bond acceptors (Lipinski definition) is 4. The van der Waals surface area contributed by atoms with E-state index in [-0.39, 0.29) is 0 Å². The lowest BCUT2D eigenvalue weighted by Gasteiger charge is -2.35. The van der Waals surface area contributed by atoms with Crippen molar-refractivity contribution >= 4 is 0 Å². The van der Waals surface area contributed by atoms with Crippen LogP contribution in [0.25, 0.3) is 5.82 Å². The second-order valence-corrected chi connectivity index (χ2v) is 7.06. The van der Waals surface area contributed by atoms with Gasteiger partial charge in [-0.3, -0.25) is 14.5 Å². The van der Waals surface area contributed by atoms with Crippen molar-refractivity contribution in [3.8, 4) is 5.82 Å². The molecule has 5 nitrogen and oxygen atoms in total. The van der Waals surface area contributed by atoms with Crippen LogP contribution in [0.15, 0.2) is 24.8 Å². The molecule has 1 saturated carbocycles. The lowest BCUT2D eigenvalue weighted by atomic mass is 9.93. The molecule has 2 aromatic heterocycles. The Morgan fingerprint density at radius 1 is 1.08 bits per heavy atom. The summed E-state index contributed by atoms with van der Waals surface area (Å²) in [5.74, 6) is 1.94. The highest BCUT2D eigenvalue weighted by Gasteiger charge is 2.33. The van der Waals surface area contributed by atoms with Crippen LogP contribution in [0.5, 0.6) is 0 Å². The van der Waals surface area contributed by atoms with Gasteiger partial charge in [-0.25, -0.2) is 9.97 Å². The Hall–Kier alpha value is -1.75. The third-order valence-electron chi connectivity index (χ3n) is 5.60. The minimum Gasteiger partial charge on any atom is -0.292 e. The van der Waals surface area contributed by atoms with Crippen LogP contribution in [0.3, 0.4) is 0 Å². The van der Waals surface area contributed by atoms with Crippen molar-refractivity contribution in [3.63, 3.8) is 0 Å². The first-order chi connectivity index (χ1) is 11.9. The van der Waals surface area contributed by atoms with Crippen molar-refractivity contribution in [1.82, 2.24) is 24.4 Å². The van der Waals surface area contributed by atoms with Gasteiger partial charge < -0.3 is 0 Å². The fourth-order valence-corrected chi connectivity index (χ4v) is 4.41. The van der Waals surface area contributed by atoms with E-state index in [9.17, 15) is 0 Å². The van der Waals surface area contributed by atoms with Gasteiger partial charge in [0.15, 0.2) is 5.82 Å². The van der Waals surface area contributed by atoms with Gasteiger partial charge in [-0.05, 0) is 32.2 Å². The van der Waals surface area contributed by atoms with Gasteiger partial charge in [-0.1, -0.05) is 26.2 Å². The Morgan fingerprint density at radius 3 is 2.79 bits per heavy atom. The van der Waals surface area contributed by atoms with Crippen molar-refractivity contribution in [2.45, 2.75) is 70.4 Å². The van der Waals surface area contributed by atoms with E-state index < -0.39 is 0 Å². The normalized spacial score (nSPS) is 23.0. The van der Waals surface area contributed by atoms with E-state index in [4.69, 9.17) is 4.98 Å². The average Bonchev–Trinajstić information content (AvgIpc) is 3.31. The molecule has 1 aliphatic heterocycles. The molecule has 5 heteroatoms. The van der Waals surface area contributed by atoms with Crippen LogP contribution < -0.4 is 0 Å². The van der Waals surface area contributed by atoms with Crippen molar-refractivity contribution in [3.05, 3.63) is 36.3 Å². The van der Waals surface area contributed by atoms with Crippen LogP contribution in [-0.2, 0) is 6.42 Å². The van der Waals surface area contributed by atoms with Crippen molar-refractivity contribution in [2.24, 2.45) is 0 Å². The Morgan fingerprint density at radius 2 is 1.96 bits per heavy atom. The van der Waals surface area contributed by atoms with Gasteiger partial charge in [0.1, 0.15) is 5.82 Å². The maximum atomic E-state index is 4.97. The van der Waals surface area contributed by atoms with Crippen LogP contribution in [0.1, 0.15) is 69.4 Å². The van der Waals surface area contributed by atoms with Gasteiger partial charge in [-0.15, -0.1) is 0 Å². The molecule has 2 aliphatic rings. The number of nitrogens with zero attached hydrogens (tertiary/aromatic N) is 5. The van der Waals surface area contributed by atoms with Crippen LogP contribution in [0, 0.1) is 0 Å². The van der Waals surface area contributed by atoms with E-state index in [0.29, 0.717) is 6.04 Å². The summed E-state index contributed by atoms with van der Waals surface area (Å²) < 4.78 is 2.07. The van der Waals surface area contributed by atoms with Gasteiger partial charge >= 0.3 is 0 Å². The maximum Gasteiger partial charge on any atom is 0.156 e. The molecule has 0 unspecified atom stereocenters. The van der Waals surface area contributed by atoms with E-state index in [1.165, 1.54) is 51.5 Å². The smallest absolute Gasteiger partial charge is 0.156 e. The van der Waals surface area contributed by atoms with Crippen LogP contribution in [-0.4, -0.2) is 37.0 Å². The van der Waals surface area contributed by atoms with Gasteiger partial charge in [0.05, 0.1) is 24.1 Å². The highest BCUT2D eigenvalue weighted by Crippen LogP contribution is 2.36. The first-order valence-electron chi connectivity index (χ1n) is 9.47. The molecule has 128 valence electrons.